The van der Waals surface area contributed by atoms with Crippen molar-refractivity contribution in [3.63, 3.8) is 0 Å². The van der Waals surface area contributed by atoms with Crippen LogP contribution in [-0.4, -0.2) is 29.0 Å². The van der Waals surface area contributed by atoms with Gasteiger partial charge in [-0.2, -0.15) is 0 Å². The number of hydrogen-bond donors (Lipinski definition) is 0. The molecule has 0 radical (unpaired) electrons. The molecule has 0 nitrogen and oxygen atoms in total. The van der Waals surface area contributed by atoms with Crippen LogP contribution in [0.25, 0.3) is 49.7 Å². The molecule has 0 N–H and O–H groups in total. The van der Waals surface area contributed by atoms with Crippen LogP contribution in [0.1, 0.15) is 11.1 Å². The van der Waals surface area contributed by atoms with Gasteiger partial charge < -0.3 is 0 Å². The molecule has 2 aromatic heterocycles. The molecule has 0 saturated carbocycles. The molecule has 2 heteroatoms. The average Bonchev–Trinajstić information content (AvgIpc) is 3.24. The van der Waals surface area contributed by atoms with Gasteiger partial charge in [-0.15, -0.1) is 0 Å². The Morgan fingerprint density at radius 2 is 0.786 bits per heavy atom. The summed E-state index contributed by atoms with van der Waals surface area (Å²) >= 11 is 0.877. The van der Waals surface area contributed by atoms with Gasteiger partial charge in [-0.3, -0.25) is 0 Å². The van der Waals surface area contributed by atoms with E-state index in [1.54, 1.807) is 0 Å². The summed E-state index contributed by atoms with van der Waals surface area (Å²) in [5.74, 6) is 0. The number of aryl methyl sites for hydroxylation is 2. The zero-order valence-corrected chi connectivity index (χ0v) is 19.2. The van der Waals surface area contributed by atoms with Crippen LogP contribution in [0.2, 0.25) is 0 Å². The van der Waals surface area contributed by atoms with Crippen LogP contribution >= 0.6 is 0 Å². The van der Waals surface area contributed by atoms with Gasteiger partial charge in [0.05, 0.1) is 0 Å². The molecule has 0 unspecified atom stereocenters. The Hall–Kier alpha value is -2.08. The summed E-state index contributed by atoms with van der Waals surface area (Å²) in [7, 11) is 0. The van der Waals surface area contributed by atoms with Crippen LogP contribution < -0.4 is 0 Å². The fourth-order valence-corrected chi connectivity index (χ4v) is 8.62. The summed E-state index contributed by atoms with van der Waals surface area (Å²) < 4.78 is 6.07. The van der Waals surface area contributed by atoms with E-state index in [0.29, 0.717) is 29.0 Å². The van der Waals surface area contributed by atoms with Gasteiger partial charge in [-0.25, -0.2) is 0 Å². The zero-order valence-electron chi connectivity index (χ0n) is 15.7. The van der Waals surface area contributed by atoms with E-state index in [-0.39, 0.29) is 0 Å². The molecule has 0 aliphatic heterocycles. The van der Waals surface area contributed by atoms with Crippen molar-refractivity contribution in [3.8, 4) is 11.1 Å². The van der Waals surface area contributed by atoms with Crippen molar-refractivity contribution < 1.29 is 0 Å². The molecule has 0 bridgehead atoms. The molecule has 0 amide bonds. The predicted molar refractivity (Wildman–Crippen MR) is 125 cm³/mol. The molecule has 6 aromatic rings. The molecule has 0 aliphatic rings. The van der Waals surface area contributed by atoms with Crippen molar-refractivity contribution in [2.45, 2.75) is 13.8 Å². The van der Waals surface area contributed by atoms with E-state index in [1.165, 1.54) is 60.8 Å². The Bertz CT molecular complexity index is 1410. The van der Waals surface area contributed by atoms with Crippen molar-refractivity contribution in [2.24, 2.45) is 0 Å². The molecule has 134 valence electrons. The average molecular weight is 488 g/mol. The van der Waals surface area contributed by atoms with Crippen molar-refractivity contribution in [1.82, 2.24) is 0 Å². The Balaban J connectivity index is 1.60. The first kappa shape index (κ1) is 16.8. The van der Waals surface area contributed by atoms with Gasteiger partial charge in [0, 0.05) is 0 Å². The van der Waals surface area contributed by atoms with Crippen LogP contribution in [-0.2, 0) is 0 Å². The van der Waals surface area contributed by atoms with Crippen molar-refractivity contribution in [3.05, 3.63) is 83.9 Å². The third-order valence-corrected chi connectivity index (χ3v) is 10.4. The monoisotopic (exact) mass is 490 g/mol. The molecule has 2 heterocycles. The van der Waals surface area contributed by atoms with E-state index in [2.05, 4.69) is 86.6 Å². The molecule has 6 rings (SSSR count). The third kappa shape index (κ3) is 2.57. The Kier molecular flexibility index (Phi) is 3.73. The normalized spacial score (nSPS) is 11.9. The van der Waals surface area contributed by atoms with Crippen molar-refractivity contribution >= 4 is 67.6 Å². The summed E-state index contributed by atoms with van der Waals surface area (Å²) in [5.41, 5.74) is 5.36. The minimum absolute atomic E-state index is 0.438. The number of benzene rings is 4. The van der Waals surface area contributed by atoms with Gasteiger partial charge in [0.25, 0.3) is 0 Å². The fraction of sp³-hybridized carbons (Fsp3) is 0.0769. The van der Waals surface area contributed by atoms with E-state index < -0.39 is 0 Å². The molecule has 0 atom stereocenters. The van der Waals surface area contributed by atoms with E-state index >= 15 is 0 Å². The van der Waals surface area contributed by atoms with Gasteiger partial charge in [0.15, 0.2) is 0 Å². The van der Waals surface area contributed by atoms with Crippen LogP contribution in [0.5, 0.6) is 0 Å². The Labute approximate surface area is 175 Å². The molecule has 4 aromatic carbocycles. The maximum absolute atomic E-state index is 2.42. The third-order valence-electron chi connectivity index (χ3n) is 5.58. The quantitative estimate of drug-likeness (QED) is 0.226. The van der Waals surface area contributed by atoms with Crippen LogP contribution in [0, 0.1) is 13.8 Å². The Morgan fingerprint density at radius 1 is 0.429 bits per heavy atom. The summed E-state index contributed by atoms with van der Waals surface area (Å²) in [4.78, 5) is 0. The van der Waals surface area contributed by atoms with Gasteiger partial charge in [-0.05, 0) is 0 Å². The summed E-state index contributed by atoms with van der Waals surface area (Å²) in [6, 6.07) is 28.0. The van der Waals surface area contributed by atoms with Crippen molar-refractivity contribution in [2.75, 3.05) is 0 Å². The fourth-order valence-electron chi connectivity index (χ4n) is 4.14. The summed E-state index contributed by atoms with van der Waals surface area (Å²) in [6.07, 6.45) is 0. The molecular weight excluding hydrogens is 470 g/mol. The topological polar surface area (TPSA) is 0 Å². The van der Waals surface area contributed by atoms with Gasteiger partial charge >= 0.3 is 176 Å². The van der Waals surface area contributed by atoms with E-state index in [1.807, 2.05) is 0 Å². The molecule has 0 aliphatic carbocycles. The number of fused-ring (bicyclic) bond motifs is 6. The summed E-state index contributed by atoms with van der Waals surface area (Å²) in [6.45, 7) is 4.38. The first-order chi connectivity index (χ1) is 13.7. The van der Waals surface area contributed by atoms with Crippen molar-refractivity contribution in [1.29, 1.82) is 0 Å². The van der Waals surface area contributed by atoms with Crippen LogP contribution in [0.15, 0.2) is 72.8 Å². The number of hydrogen-bond acceptors (Lipinski definition) is 0. The molecule has 0 fully saturated rings. The minimum atomic E-state index is 0.438. The molecule has 0 saturated heterocycles. The second-order valence-corrected chi connectivity index (χ2v) is 12.2. The first-order valence-corrected chi connectivity index (χ1v) is 12.9. The SMILES string of the molecule is Cc1ccc2[se]c3ccc(-c4ccc5[se]c6ccc(C)cc6c5c4)cc3c2c1. The van der Waals surface area contributed by atoms with Gasteiger partial charge in [-0.1, -0.05) is 0 Å². The molecule has 0 spiro atoms. The van der Waals surface area contributed by atoms with Crippen LogP contribution in [0.3, 0.4) is 0 Å². The Morgan fingerprint density at radius 3 is 1.21 bits per heavy atom. The standard InChI is InChI=1S/C26H18Se2/c1-15-3-7-23-19(11-15)21-13-17(5-9-25(21)27-23)18-6-10-26-22(14-18)20-12-16(2)4-8-24(20)28-26/h3-14H,1-2H3. The summed E-state index contributed by atoms with van der Waals surface area (Å²) in [5, 5.41) is 5.78. The predicted octanol–water partition coefficient (Wildman–Crippen LogP) is 6.70. The maximum atomic E-state index is 2.42. The second kappa shape index (κ2) is 6.21. The van der Waals surface area contributed by atoms with Gasteiger partial charge in [0.2, 0.25) is 0 Å². The second-order valence-electron chi connectivity index (χ2n) is 7.63. The number of rotatable bonds is 1. The van der Waals surface area contributed by atoms with Gasteiger partial charge in [0.1, 0.15) is 0 Å². The van der Waals surface area contributed by atoms with E-state index in [0.717, 1.165) is 0 Å². The zero-order chi connectivity index (χ0) is 18.8. The van der Waals surface area contributed by atoms with E-state index in [4.69, 9.17) is 0 Å². The van der Waals surface area contributed by atoms with E-state index in [9.17, 15) is 0 Å². The first-order valence-electron chi connectivity index (χ1n) is 9.52. The molecule has 28 heavy (non-hydrogen) atoms. The van der Waals surface area contributed by atoms with Crippen LogP contribution in [0.4, 0.5) is 0 Å². The molecular formula is C26H18Se2.